The Morgan fingerprint density at radius 1 is 1.22 bits per heavy atom. The zero-order valence-corrected chi connectivity index (χ0v) is 14.6. The second-order valence-electron chi connectivity index (χ2n) is 6.73. The second-order valence-corrected chi connectivity index (χ2v) is 6.73. The first-order valence-electron chi connectivity index (χ1n) is 7.87. The number of benzene rings is 1. The molecular formula is C18H27NO4. The summed E-state index contributed by atoms with van der Waals surface area (Å²) in [5, 5.41) is 9.62. The van der Waals surface area contributed by atoms with E-state index in [1.165, 1.54) is 4.90 Å². The second kappa shape index (κ2) is 7.99. The zero-order chi connectivity index (χ0) is 17.6. The molecule has 1 aromatic rings. The van der Waals surface area contributed by atoms with E-state index >= 15 is 0 Å². The Labute approximate surface area is 138 Å². The van der Waals surface area contributed by atoms with Gasteiger partial charge in [0.2, 0.25) is 0 Å². The van der Waals surface area contributed by atoms with Gasteiger partial charge in [0.05, 0.1) is 5.92 Å². The van der Waals surface area contributed by atoms with Crippen molar-refractivity contribution < 1.29 is 19.4 Å². The van der Waals surface area contributed by atoms with E-state index in [-0.39, 0.29) is 12.5 Å². The number of aliphatic carboxylic acids is 1. The highest BCUT2D eigenvalue weighted by molar-refractivity contribution is 5.73. The fourth-order valence-corrected chi connectivity index (χ4v) is 2.54. The maximum Gasteiger partial charge on any atom is 0.410 e. The third-order valence-electron chi connectivity index (χ3n) is 3.65. The van der Waals surface area contributed by atoms with Crippen LogP contribution in [0.25, 0.3) is 0 Å². The van der Waals surface area contributed by atoms with Gasteiger partial charge in [-0.1, -0.05) is 37.3 Å². The lowest BCUT2D eigenvalue weighted by molar-refractivity contribution is -0.143. The van der Waals surface area contributed by atoms with E-state index < -0.39 is 23.6 Å². The Hall–Kier alpha value is -2.04. The molecule has 0 saturated heterocycles. The van der Waals surface area contributed by atoms with Gasteiger partial charge in [0.1, 0.15) is 5.60 Å². The molecule has 1 amide bonds. The molecular weight excluding hydrogens is 294 g/mol. The molecule has 0 aliphatic carbocycles. The average Bonchev–Trinajstić information content (AvgIpc) is 2.46. The maximum absolute atomic E-state index is 12.1. The van der Waals surface area contributed by atoms with Gasteiger partial charge < -0.3 is 14.7 Å². The average molecular weight is 321 g/mol. The van der Waals surface area contributed by atoms with Crippen molar-refractivity contribution in [1.82, 2.24) is 4.90 Å². The largest absolute Gasteiger partial charge is 0.481 e. The highest BCUT2D eigenvalue weighted by atomic mass is 16.6. The standard InChI is InChI=1S/C18H27NO4/c1-6-14(13-10-8-7-9-11-13)15(16(20)21)12-19(5)17(22)23-18(2,3)4/h7-11,14-15H,6,12H2,1-5H3,(H,20,21). The summed E-state index contributed by atoms with van der Waals surface area (Å²) in [5.41, 5.74) is 0.369. The van der Waals surface area contributed by atoms with Crippen molar-refractivity contribution in [3.05, 3.63) is 35.9 Å². The molecule has 5 nitrogen and oxygen atoms in total. The molecule has 5 heteroatoms. The van der Waals surface area contributed by atoms with Crippen LogP contribution in [0, 0.1) is 5.92 Å². The number of ether oxygens (including phenoxy) is 1. The summed E-state index contributed by atoms with van der Waals surface area (Å²) in [5.74, 6) is -1.74. The van der Waals surface area contributed by atoms with E-state index in [1.54, 1.807) is 27.8 Å². The van der Waals surface area contributed by atoms with Crippen LogP contribution in [0.15, 0.2) is 30.3 Å². The topological polar surface area (TPSA) is 66.8 Å². The van der Waals surface area contributed by atoms with Crippen LogP contribution >= 0.6 is 0 Å². The summed E-state index contributed by atoms with van der Waals surface area (Å²) >= 11 is 0. The van der Waals surface area contributed by atoms with Crippen LogP contribution in [0.4, 0.5) is 4.79 Å². The summed E-state index contributed by atoms with van der Waals surface area (Å²) in [7, 11) is 1.57. The fraction of sp³-hybridized carbons (Fsp3) is 0.556. The number of amides is 1. The summed E-state index contributed by atoms with van der Waals surface area (Å²) in [6.45, 7) is 7.42. The molecule has 0 bridgehead atoms. The van der Waals surface area contributed by atoms with Gasteiger partial charge in [0, 0.05) is 13.6 Å². The van der Waals surface area contributed by atoms with Crippen LogP contribution in [0.5, 0.6) is 0 Å². The summed E-state index contributed by atoms with van der Waals surface area (Å²) in [4.78, 5) is 25.2. The molecule has 23 heavy (non-hydrogen) atoms. The first kappa shape index (κ1) is 19.0. The lowest BCUT2D eigenvalue weighted by atomic mass is 9.83. The van der Waals surface area contributed by atoms with Crippen molar-refractivity contribution in [2.24, 2.45) is 5.92 Å². The van der Waals surface area contributed by atoms with E-state index in [2.05, 4.69) is 0 Å². The maximum atomic E-state index is 12.1. The number of carboxylic acid groups (broad SMARTS) is 1. The first-order chi connectivity index (χ1) is 10.7. The molecule has 1 rings (SSSR count). The Morgan fingerprint density at radius 2 is 1.78 bits per heavy atom. The van der Waals surface area contributed by atoms with Crippen LogP contribution < -0.4 is 0 Å². The third-order valence-corrected chi connectivity index (χ3v) is 3.65. The molecule has 0 spiro atoms. The monoisotopic (exact) mass is 321 g/mol. The zero-order valence-electron chi connectivity index (χ0n) is 14.6. The van der Waals surface area contributed by atoms with Gasteiger partial charge in [-0.3, -0.25) is 4.79 Å². The van der Waals surface area contributed by atoms with Gasteiger partial charge in [-0.15, -0.1) is 0 Å². The van der Waals surface area contributed by atoms with E-state index in [4.69, 9.17) is 4.74 Å². The van der Waals surface area contributed by atoms with Crippen molar-refractivity contribution in [2.75, 3.05) is 13.6 Å². The normalized spacial score (nSPS) is 14.0. The smallest absolute Gasteiger partial charge is 0.410 e. The van der Waals surface area contributed by atoms with Gasteiger partial charge in [-0.25, -0.2) is 4.79 Å². The molecule has 0 saturated carbocycles. The number of carbonyl (C=O) groups is 2. The lowest BCUT2D eigenvalue weighted by Crippen LogP contribution is -2.40. The molecule has 0 aromatic heterocycles. The highest BCUT2D eigenvalue weighted by Gasteiger charge is 2.31. The molecule has 1 aromatic carbocycles. The Bertz CT molecular complexity index is 522. The van der Waals surface area contributed by atoms with Crippen molar-refractivity contribution in [3.63, 3.8) is 0 Å². The van der Waals surface area contributed by atoms with Gasteiger partial charge in [-0.2, -0.15) is 0 Å². The van der Waals surface area contributed by atoms with Crippen molar-refractivity contribution in [3.8, 4) is 0 Å². The minimum atomic E-state index is -0.906. The molecule has 128 valence electrons. The van der Waals surface area contributed by atoms with Crippen molar-refractivity contribution in [1.29, 1.82) is 0 Å². The number of rotatable bonds is 6. The summed E-state index contributed by atoms with van der Waals surface area (Å²) in [6, 6.07) is 9.55. The fourth-order valence-electron chi connectivity index (χ4n) is 2.54. The molecule has 2 unspecified atom stereocenters. The highest BCUT2D eigenvalue weighted by Crippen LogP contribution is 2.29. The van der Waals surface area contributed by atoms with Crippen molar-refractivity contribution >= 4 is 12.1 Å². The van der Waals surface area contributed by atoms with Gasteiger partial charge >= 0.3 is 12.1 Å². The van der Waals surface area contributed by atoms with E-state index in [9.17, 15) is 14.7 Å². The van der Waals surface area contributed by atoms with E-state index in [1.807, 2.05) is 37.3 Å². The van der Waals surface area contributed by atoms with E-state index in [0.717, 1.165) is 5.56 Å². The third kappa shape index (κ3) is 5.93. The molecule has 1 N–H and O–H groups in total. The van der Waals surface area contributed by atoms with E-state index in [0.29, 0.717) is 6.42 Å². The molecule has 0 fully saturated rings. The molecule has 0 aliphatic heterocycles. The summed E-state index contributed by atoms with van der Waals surface area (Å²) in [6.07, 6.45) is 0.176. The quantitative estimate of drug-likeness (QED) is 0.866. The van der Waals surface area contributed by atoms with Gasteiger partial charge in [0.15, 0.2) is 0 Å². The van der Waals surface area contributed by atoms with Gasteiger partial charge in [0.25, 0.3) is 0 Å². The molecule has 2 atom stereocenters. The Kier molecular flexibility index (Phi) is 6.61. The van der Waals surface area contributed by atoms with Crippen LogP contribution in [-0.2, 0) is 9.53 Å². The van der Waals surface area contributed by atoms with Crippen molar-refractivity contribution in [2.45, 2.75) is 45.6 Å². The predicted octanol–water partition coefficient (Wildman–Crippen LogP) is 3.75. The summed E-state index contributed by atoms with van der Waals surface area (Å²) < 4.78 is 5.29. The number of hydrogen-bond acceptors (Lipinski definition) is 3. The Morgan fingerprint density at radius 3 is 2.22 bits per heavy atom. The number of hydrogen-bond donors (Lipinski definition) is 1. The number of nitrogens with zero attached hydrogens (tertiary/aromatic N) is 1. The van der Waals surface area contributed by atoms with Crippen LogP contribution in [0.1, 0.15) is 45.6 Å². The first-order valence-corrected chi connectivity index (χ1v) is 7.87. The van der Waals surface area contributed by atoms with Crippen LogP contribution in [0.2, 0.25) is 0 Å². The van der Waals surface area contributed by atoms with Gasteiger partial charge in [-0.05, 0) is 38.7 Å². The molecule has 0 aliphatic rings. The number of carbonyl (C=O) groups excluding carboxylic acids is 1. The van der Waals surface area contributed by atoms with Crippen LogP contribution in [0.3, 0.4) is 0 Å². The number of carboxylic acids is 1. The lowest BCUT2D eigenvalue weighted by Gasteiger charge is -2.29. The Balaban J connectivity index is 2.90. The SMILES string of the molecule is CCC(c1ccccc1)C(CN(C)C(=O)OC(C)(C)C)C(=O)O. The van der Waals surface area contributed by atoms with Crippen LogP contribution in [-0.4, -0.2) is 41.3 Å². The molecule has 0 radical (unpaired) electrons. The minimum absolute atomic E-state index is 0.109. The minimum Gasteiger partial charge on any atom is -0.481 e. The predicted molar refractivity (Wildman–Crippen MR) is 89.5 cm³/mol. The molecule has 0 heterocycles.